The molecular formula is C17H16N2. The van der Waals surface area contributed by atoms with Crippen molar-refractivity contribution in [2.75, 3.05) is 0 Å². The molecule has 0 unspecified atom stereocenters. The first kappa shape index (κ1) is 11.6. The lowest BCUT2D eigenvalue weighted by molar-refractivity contribution is 1.09. The van der Waals surface area contributed by atoms with Gasteiger partial charge in [0.1, 0.15) is 0 Å². The van der Waals surface area contributed by atoms with Gasteiger partial charge in [-0.15, -0.1) is 0 Å². The van der Waals surface area contributed by atoms with Crippen molar-refractivity contribution < 1.29 is 0 Å². The summed E-state index contributed by atoms with van der Waals surface area (Å²) in [5.41, 5.74) is 4.72. The van der Waals surface area contributed by atoms with Gasteiger partial charge in [-0.3, -0.25) is 0 Å². The molecule has 2 nitrogen and oxygen atoms in total. The van der Waals surface area contributed by atoms with E-state index in [-0.39, 0.29) is 0 Å². The van der Waals surface area contributed by atoms with E-state index in [2.05, 4.69) is 41.3 Å². The maximum absolute atomic E-state index is 4.12. The summed E-state index contributed by atoms with van der Waals surface area (Å²) in [6.07, 6.45) is 12.9. The van der Waals surface area contributed by atoms with Crippen molar-refractivity contribution in [2.45, 2.75) is 6.42 Å². The maximum atomic E-state index is 4.12. The van der Waals surface area contributed by atoms with Crippen molar-refractivity contribution in [1.29, 1.82) is 0 Å². The summed E-state index contributed by atoms with van der Waals surface area (Å²) in [6.45, 7) is 4.12. The highest BCUT2D eigenvalue weighted by molar-refractivity contribution is 5.83. The fourth-order valence-electron chi connectivity index (χ4n) is 2.28. The van der Waals surface area contributed by atoms with E-state index >= 15 is 0 Å². The molecule has 2 heterocycles. The second kappa shape index (κ2) is 5.02. The van der Waals surface area contributed by atoms with Gasteiger partial charge < -0.3 is 10.3 Å². The molecule has 1 aliphatic rings. The van der Waals surface area contributed by atoms with Gasteiger partial charge in [-0.1, -0.05) is 36.9 Å². The summed E-state index contributed by atoms with van der Waals surface area (Å²) in [5.74, 6) is 0. The summed E-state index contributed by atoms with van der Waals surface area (Å²) in [7, 11) is 0. The van der Waals surface area contributed by atoms with E-state index in [0.717, 1.165) is 12.0 Å². The Balaban J connectivity index is 1.94. The normalized spacial score (nSPS) is 19.4. The van der Waals surface area contributed by atoms with Gasteiger partial charge in [0.15, 0.2) is 0 Å². The van der Waals surface area contributed by atoms with Crippen molar-refractivity contribution >= 4 is 10.9 Å². The smallest absolute Gasteiger partial charge is 0.0456 e. The summed E-state index contributed by atoms with van der Waals surface area (Å²) < 4.78 is 0. The fraction of sp³-hybridized carbons (Fsp3) is 0.0588. The largest absolute Gasteiger partial charge is 0.367 e. The zero-order valence-corrected chi connectivity index (χ0v) is 10.7. The van der Waals surface area contributed by atoms with Crippen molar-refractivity contribution in [3.63, 3.8) is 0 Å². The quantitative estimate of drug-likeness (QED) is 0.830. The molecular weight excluding hydrogens is 232 g/mol. The standard InChI is InChI=1S/C17H16N2/c1-13-6-4-5-9-18-11-14(13)10-15-12-19-17-8-3-2-7-16(15)17/h2-9,11-12,18-19H,1,10H2/b6-4-,9-5?,14-11-. The van der Waals surface area contributed by atoms with Crippen LogP contribution in [-0.4, -0.2) is 4.98 Å². The van der Waals surface area contributed by atoms with Crippen LogP contribution in [0.15, 0.2) is 78.8 Å². The van der Waals surface area contributed by atoms with Gasteiger partial charge in [-0.05, 0) is 28.9 Å². The molecule has 2 aromatic rings. The number of aromatic nitrogens is 1. The van der Waals surface area contributed by atoms with Gasteiger partial charge in [-0.2, -0.15) is 0 Å². The van der Waals surface area contributed by atoms with E-state index in [1.165, 1.54) is 22.0 Å². The Kier molecular flexibility index (Phi) is 3.07. The number of para-hydroxylation sites is 1. The van der Waals surface area contributed by atoms with Crippen LogP contribution in [0.3, 0.4) is 0 Å². The molecule has 0 saturated heterocycles. The van der Waals surface area contributed by atoms with Crippen molar-refractivity contribution in [3.05, 3.63) is 84.4 Å². The van der Waals surface area contributed by atoms with E-state index in [4.69, 9.17) is 0 Å². The summed E-state index contributed by atoms with van der Waals surface area (Å²) in [5, 5.41) is 4.44. The van der Waals surface area contributed by atoms with Gasteiger partial charge in [0.25, 0.3) is 0 Å². The molecule has 0 aliphatic carbocycles. The highest BCUT2D eigenvalue weighted by atomic mass is 14.8. The molecule has 0 saturated carbocycles. The molecule has 94 valence electrons. The Morgan fingerprint density at radius 2 is 2.00 bits per heavy atom. The number of nitrogens with one attached hydrogen (secondary N) is 2. The van der Waals surface area contributed by atoms with Crippen molar-refractivity contribution in [2.24, 2.45) is 0 Å². The van der Waals surface area contributed by atoms with Gasteiger partial charge >= 0.3 is 0 Å². The topological polar surface area (TPSA) is 27.8 Å². The lowest BCUT2D eigenvalue weighted by atomic mass is 9.99. The molecule has 0 atom stereocenters. The number of fused-ring (bicyclic) bond motifs is 1. The summed E-state index contributed by atoms with van der Waals surface area (Å²) >= 11 is 0. The number of benzene rings is 1. The van der Waals surface area contributed by atoms with Crippen LogP contribution in [0.5, 0.6) is 0 Å². The Hall–Kier alpha value is -2.48. The zero-order chi connectivity index (χ0) is 13.1. The minimum Gasteiger partial charge on any atom is -0.367 e. The van der Waals surface area contributed by atoms with Crippen molar-refractivity contribution in [3.8, 4) is 0 Å². The van der Waals surface area contributed by atoms with Crippen LogP contribution in [0.1, 0.15) is 5.56 Å². The molecule has 2 N–H and O–H groups in total. The first-order valence-electron chi connectivity index (χ1n) is 6.37. The van der Waals surface area contributed by atoms with Crippen LogP contribution in [0, 0.1) is 0 Å². The Labute approximate surface area is 112 Å². The number of H-pyrrole nitrogens is 1. The zero-order valence-electron chi connectivity index (χ0n) is 10.7. The molecule has 2 heteroatoms. The third kappa shape index (κ3) is 2.38. The number of allylic oxidation sites excluding steroid dienone is 5. The highest BCUT2D eigenvalue weighted by Gasteiger charge is 2.07. The monoisotopic (exact) mass is 248 g/mol. The molecule has 3 rings (SSSR count). The van der Waals surface area contributed by atoms with E-state index in [1.54, 1.807) is 0 Å². The maximum Gasteiger partial charge on any atom is 0.0456 e. The molecule has 1 aromatic heterocycles. The number of hydrogen-bond acceptors (Lipinski definition) is 1. The number of hydrogen-bond donors (Lipinski definition) is 2. The van der Waals surface area contributed by atoms with Crippen LogP contribution in [0.25, 0.3) is 10.9 Å². The SMILES string of the molecule is C=C1/C=C\C=CN/C=C\1Cc1c[nH]c2ccccc12. The lowest BCUT2D eigenvalue weighted by Crippen LogP contribution is -2.01. The van der Waals surface area contributed by atoms with Crippen LogP contribution < -0.4 is 5.32 Å². The molecule has 1 aliphatic heterocycles. The van der Waals surface area contributed by atoms with Gasteiger partial charge in [-0.25, -0.2) is 0 Å². The minimum atomic E-state index is 0.869. The second-order valence-electron chi connectivity index (χ2n) is 4.62. The average molecular weight is 248 g/mol. The Morgan fingerprint density at radius 3 is 2.95 bits per heavy atom. The van der Waals surface area contributed by atoms with E-state index in [9.17, 15) is 0 Å². The second-order valence-corrected chi connectivity index (χ2v) is 4.62. The van der Waals surface area contributed by atoms with Gasteiger partial charge in [0, 0.05) is 35.9 Å². The molecule has 19 heavy (non-hydrogen) atoms. The summed E-state index contributed by atoms with van der Waals surface area (Å²) in [4.78, 5) is 3.31. The average Bonchev–Trinajstić information content (AvgIpc) is 2.82. The molecule has 0 bridgehead atoms. The fourth-order valence-corrected chi connectivity index (χ4v) is 2.28. The first-order chi connectivity index (χ1) is 9.34. The van der Waals surface area contributed by atoms with E-state index < -0.39 is 0 Å². The van der Waals surface area contributed by atoms with E-state index in [0.29, 0.717) is 0 Å². The van der Waals surface area contributed by atoms with Crippen LogP contribution >= 0.6 is 0 Å². The van der Waals surface area contributed by atoms with Crippen LogP contribution in [0.2, 0.25) is 0 Å². The predicted molar refractivity (Wildman–Crippen MR) is 80.6 cm³/mol. The molecule has 1 aromatic carbocycles. The lowest BCUT2D eigenvalue weighted by Gasteiger charge is -2.09. The third-order valence-corrected chi connectivity index (χ3v) is 3.33. The third-order valence-electron chi connectivity index (χ3n) is 3.33. The van der Waals surface area contributed by atoms with Crippen molar-refractivity contribution in [1.82, 2.24) is 10.3 Å². The molecule has 0 amide bonds. The van der Waals surface area contributed by atoms with E-state index in [1.807, 2.05) is 36.7 Å². The number of rotatable bonds is 2. The molecule has 0 fully saturated rings. The Morgan fingerprint density at radius 1 is 1.11 bits per heavy atom. The van der Waals surface area contributed by atoms with Crippen LogP contribution in [-0.2, 0) is 6.42 Å². The van der Waals surface area contributed by atoms with Crippen LogP contribution in [0.4, 0.5) is 0 Å². The predicted octanol–water partition coefficient (Wildman–Crippen LogP) is 3.82. The molecule has 0 spiro atoms. The minimum absolute atomic E-state index is 0.869. The first-order valence-corrected chi connectivity index (χ1v) is 6.37. The highest BCUT2D eigenvalue weighted by Crippen LogP contribution is 2.23. The van der Waals surface area contributed by atoms with Gasteiger partial charge in [0.05, 0.1) is 0 Å². The molecule has 0 radical (unpaired) electrons. The number of aromatic amines is 1. The van der Waals surface area contributed by atoms with Gasteiger partial charge in [0.2, 0.25) is 0 Å². The summed E-state index contributed by atoms with van der Waals surface area (Å²) in [6, 6.07) is 8.37. The Bertz CT molecular complexity index is 699.